The van der Waals surface area contributed by atoms with E-state index in [4.69, 9.17) is 0 Å². The third kappa shape index (κ3) is 4.13. The van der Waals surface area contributed by atoms with Crippen molar-refractivity contribution >= 4 is 11.8 Å². The van der Waals surface area contributed by atoms with E-state index in [1.54, 1.807) is 0 Å². The number of hydrogen-bond donors (Lipinski definition) is 0. The topological polar surface area (TPSA) is 36.7 Å². The van der Waals surface area contributed by atoms with Gasteiger partial charge in [0.15, 0.2) is 0 Å². The Morgan fingerprint density at radius 3 is 2.67 bits per heavy atom. The number of nitriles is 1. The van der Waals surface area contributed by atoms with E-state index < -0.39 is 11.7 Å². The fraction of sp³-hybridized carbons (Fsp3) is 0.600. The van der Waals surface area contributed by atoms with Crippen LogP contribution in [0.2, 0.25) is 0 Å². The average Bonchev–Trinajstić information content (AvgIpc) is 2.46. The molecule has 21 heavy (non-hydrogen) atoms. The first-order valence-electron chi connectivity index (χ1n) is 7.03. The van der Waals surface area contributed by atoms with Crippen LogP contribution in [0.25, 0.3) is 0 Å². The van der Waals surface area contributed by atoms with Gasteiger partial charge in [0.25, 0.3) is 0 Å². The summed E-state index contributed by atoms with van der Waals surface area (Å²) in [5.74, 6) is 0.559. The van der Waals surface area contributed by atoms with E-state index in [9.17, 15) is 18.4 Å². The second-order valence-electron chi connectivity index (χ2n) is 5.36. The quantitative estimate of drug-likeness (QED) is 0.795. The first-order valence-corrected chi connectivity index (χ1v) is 7.91. The van der Waals surface area contributed by atoms with Crippen LogP contribution in [0.1, 0.15) is 38.2 Å². The molecule has 0 amide bonds. The molecule has 1 fully saturated rings. The molecule has 1 aromatic heterocycles. The molecule has 0 bridgehead atoms. The third-order valence-corrected chi connectivity index (χ3v) is 5.29. The Bertz CT molecular complexity index is 507. The van der Waals surface area contributed by atoms with Crippen molar-refractivity contribution in [1.29, 1.82) is 5.26 Å². The van der Waals surface area contributed by atoms with Crippen LogP contribution < -0.4 is 0 Å². The maximum atomic E-state index is 12.5. The van der Waals surface area contributed by atoms with Gasteiger partial charge in [-0.3, -0.25) is 0 Å². The Labute approximate surface area is 126 Å². The molecule has 1 heterocycles. The lowest BCUT2D eigenvalue weighted by Crippen LogP contribution is -2.26. The Hall–Kier alpha value is -1.22. The summed E-state index contributed by atoms with van der Waals surface area (Å²) >= 11 is 1.43. The Kier molecular flexibility index (Phi) is 5.15. The summed E-state index contributed by atoms with van der Waals surface area (Å²) in [5, 5.41) is 9.90. The van der Waals surface area contributed by atoms with E-state index in [1.807, 2.05) is 0 Å². The minimum atomic E-state index is -4.36. The molecule has 1 aromatic rings. The van der Waals surface area contributed by atoms with Gasteiger partial charge in [-0.1, -0.05) is 13.3 Å². The number of halogens is 3. The van der Waals surface area contributed by atoms with Crippen LogP contribution in [0, 0.1) is 23.2 Å². The van der Waals surface area contributed by atoms with Crippen molar-refractivity contribution in [3.8, 4) is 6.07 Å². The second-order valence-corrected chi connectivity index (χ2v) is 6.62. The van der Waals surface area contributed by atoms with Crippen LogP contribution in [0.15, 0.2) is 23.4 Å². The van der Waals surface area contributed by atoms with Crippen molar-refractivity contribution in [1.82, 2.24) is 4.98 Å². The van der Waals surface area contributed by atoms with Crippen molar-refractivity contribution in [3.05, 3.63) is 23.9 Å². The molecule has 2 rings (SSSR count). The van der Waals surface area contributed by atoms with Crippen molar-refractivity contribution in [2.24, 2.45) is 11.8 Å². The fourth-order valence-corrected chi connectivity index (χ4v) is 3.93. The van der Waals surface area contributed by atoms with Crippen LogP contribution in [0.5, 0.6) is 0 Å². The van der Waals surface area contributed by atoms with Crippen LogP contribution in [0.3, 0.4) is 0 Å². The fourth-order valence-electron chi connectivity index (χ4n) is 2.63. The van der Waals surface area contributed by atoms with Crippen molar-refractivity contribution in [3.63, 3.8) is 0 Å². The van der Waals surface area contributed by atoms with Crippen molar-refractivity contribution in [2.45, 2.75) is 49.1 Å². The van der Waals surface area contributed by atoms with Gasteiger partial charge in [0.05, 0.1) is 22.6 Å². The highest BCUT2D eigenvalue weighted by Crippen LogP contribution is 2.40. The maximum Gasteiger partial charge on any atom is 0.417 e. The number of aromatic nitrogens is 1. The first kappa shape index (κ1) is 16.2. The summed E-state index contributed by atoms with van der Waals surface area (Å²) < 4.78 is 37.5. The van der Waals surface area contributed by atoms with Crippen molar-refractivity contribution < 1.29 is 13.2 Å². The number of hydrogen-bond acceptors (Lipinski definition) is 3. The average molecular weight is 314 g/mol. The molecule has 3 atom stereocenters. The summed E-state index contributed by atoms with van der Waals surface area (Å²) in [6, 6.07) is 4.78. The number of pyridine rings is 1. The van der Waals surface area contributed by atoms with E-state index in [0.717, 1.165) is 37.9 Å². The predicted molar refractivity (Wildman–Crippen MR) is 75.6 cm³/mol. The summed E-state index contributed by atoms with van der Waals surface area (Å²) in [6.45, 7) is 2.13. The summed E-state index contributed by atoms with van der Waals surface area (Å²) in [4.78, 5) is 3.89. The predicted octanol–water partition coefficient (Wildman–Crippen LogP) is 4.91. The second kappa shape index (κ2) is 6.69. The van der Waals surface area contributed by atoms with Gasteiger partial charge in [0.1, 0.15) is 0 Å². The van der Waals surface area contributed by atoms with Crippen LogP contribution in [-0.4, -0.2) is 10.2 Å². The Balaban J connectivity index is 2.07. The standard InChI is InChI=1S/C15H17F3N2S/c1-2-10-3-4-11(8-19)13(7-10)21-14-6-5-12(9-20-14)15(16,17)18/h5-6,9-11,13H,2-4,7H2,1H3. The monoisotopic (exact) mass is 314 g/mol. The zero-order chi connectivity index (χ0) is 15.5. The maximum absolute atomic E-state index is 12.5. The van der Waals surface area contributed by atoms with Gasteiger partial charge in [-0.25, -0.2) is 4.98 Å². The molecule has 2 nitrogen and oxygen atoms in total. The molecule has 0 aromatic carbocycles. The largest absolute Gasteiger partial charge is 0.417 e. The van der Waals surface area contributed by atoms with Crippen molar-refractivity contribution in [2.75, 3.05) is 0 Å². The smallest absolute Gasteiger partial charge is 0.249 e. The van der Waals surface area contributed by atoms with Gasteiger partial charge in [-0.05, 0) is 37.3 Å². The van der Waals surface area contributed by atoms with Gasteiger partial charge in [-0.15, -0.1) is 11.8 Å². The van der Waals surface area contributed by atoms with E-state index in [-0.39, 0.29) is 11.2 Å². The Morgan fingerprint density at radius 2 is 2.14 bits per heavy atom. The lowest BCUT2D eigenvalue weighted by molar-refractivity contribution is -0.137. The van der Waals surface area contributed by atoms with E-state index in [2.05, 4.69) is 18.0 Å². The number of rotatable bonds is 3. The number of thioether (sulfide) groups is 1. The van der Waals surface area contributed by atoms with E-state index in [0.29, 0.717) is 10.9 Å². The highest BCUT2D eigenvalue weighted by molar-refractivity contribution is 7.99. The van der Waals surface area contributed by atoms with Crippen LogP contribution in [-0.2, 0) is 6.18 Å². The number of alkyl halides is 3. The van der Waals surface area contributed by atoms with Gasteiger partial charge in [-0.2, -0.15) is 18.4 Å². The van der Waals surface area contributed by atoms with Gasteiger partial charge in [0, 0.05) is 11.4 Å². The minimum absolute atomic E-state index is 0.0399. The normalized spacial score (nSPS) is 26.3. The SMILES string of the molecule is CCC1CCC(C#N)C(Sc2ccc(C(F)(F)F)cn2)C1. The summed E-state index contributed by atoms with van der Waals surface area (Å²) in [5.41, 5.74) is -0.737. The molecule has 1 saturated carbocycles. The van der Waals surface area contributed by atoms with Gasteiger partial charge in [0.2, 0.25) is 0 Å². The zero-order valence-corrected chi connectivity index (χ0v) is 12.5. The summed E-state index contributed by atoms with van der Waals surface area (Å²) in [6.07, 6.45) is 0.449. The molecule has 0 N–H and O–H groups in total. The minimum Gasteiger partial charge on any atom is -0.249 e. The molecule has 1 aliphatic carbocycles. The molecular formula is C15H17F3N2S. The zero-order valence-electron chi connectivity index (χ0n) is 11.7. The lowest BCUT2D eigenvalue weighted by atomic mass is 9.81. The lowest BCUT2D eigenvalue weighted by Gasteiger charge is -2.31. The molecule has 3 unspecified atom stereocenters. The molecule has 1 aliphatic rings. The molecule has 0 saturated heterocycles. The number of nitrogens with zero attached hydrogens (tertiary/aromatic N) is 2. The molecule has 0 radical (unpaired) electrons. The van der Waals surface area contributed by atoms with Crippen LogP contribution in [0.4, 0.5) is 13.2 Å². The van der Waals surface area contributed by atoms with E-state index in [1.165, 1.54) is 17.8 Å². The highest BCUT2D eigenvalue weighted by Gasteiger charge is 2.32. The highest BCUT2D eigenvalue weighted by atomic mass is 32.2. The first-order chi connectivity index (χ1) is 9.94. The molecule has 114 valence electrons. The summed E-state index contributed by atoms with van der Waals surface area (Å²) in [7, 11) is 0. The Morgan fingerprint density at radius 1 is 1.38 bits per heavy atom. The molecule has 0 aliphatic heterocycles. The molecule has 0 spiro atoms. The van der Waals surface area contributed by atoms with Crippen LogP contribution >= 0.6 is 11.8 Å². The molecular weight excluding hydrogens is 297 g/mol. The van der Waals surface area contributed by atoms with Gasteiger partial charge < -0.3 is 0 Å². The third-order valence-electron chi connectivity index (χ3n) is 3.98. The molecule has 6 heteroatoms. The van der Waals surface area contributed by atoms with E-state index >= 15 is 0 Å². The van der Waals surface area contributed by atoms with Gasteiger partial charge >= 0.3 is 6.18 Å².